The highest BCUT2D eigenvalue weighted by Gasteiger charge is 2.20. The first-order valence-electron chi connectivity index (χ1n) is 36.8. The molecule has 0 aliphatic carbocycles. The summed E-state index contributed by atoms with van der Waals surface area (Å²) in [5, 5.41) is 19.1. The second-order valence-corrected chi connectivity index (χ2v) is 27.5. The van der Waals surface area contributed by atoms with E-state index in [1.807, 2.05) is 213 Å². The van der Waals surface area contributed by atoms with E-state index in [-0.39, 0.29) is 0 Å². The van der Waals surface area contributed by atoms with Crippen LogP contribution in [-0.2, 0) is 0 Å². The first-order chi connectivity index (χ1) is 55.6. The van der Waals surface area contributed by atoms with Crippen LogP contribution in [-0.4, -0.2) is 62.0 Å². The summed E-state index contributed by atoms with van der Waals surface area (Å²) >= 11 is 13.2. The molecule has 18 rings (SSSR count). The van der Waals surface area contributed by atoms with E-state index in [1.54, 1.807) is 18.3 Å². The van der Waals surface area contributed by atoms with Crippen molar-refractivity contribution in [3.63, 3.8) is 0 Å². The van der Waals surface area contributed by atoms with E-state index < -0.39 is 7.12 Å². The third kappa shape index (κ3) is 18.0. The van der Waals surface area contributed by atoms with Crippen LogP contribution in [0.15, 0.2) is 401 Å². The molecule has 13 aromatic carbocycles. The molecule has 113 heavy (non-hydrogen) atoms. The van der Waals surface area contributed by atoms with Crippen molar-refractivity contribution in [2.24, 2.45) is 0 Å². The van der Waals surface area contributed by atoms with E-state index in [2.05, 4.69) is 185 Å². The van der Waals surface area contributed by atoms with Gasteiger partial charge in [0.05, 0.1) is 17.1 Å². The Balaban J connectivity index is 0.000000153. The van der Waals surface area contributed by atoms with Gasteiger partial charge in [-0.05, 0) is 181 Å². The number of halogens is 2. The maximum atomic E-state index is 8.93. The zero-order valence-corrected chi connectivity index (χ0v) is 62.4. The van der Waals surface area contributed by atoms with Gasteiger partial charge in [-0.25, -0.2) is 29.9 Å². The molecule has 14 heteroatoms. The standard InChI is InChI=1S/C55H37N5.C33H21Cl2N3.C11H10BNO2/c1-4-14-38(15-5-1)45-32-47(40-22-26-42(27-23-40)51-20-10-12-30-56-51)36-49(34-45)54-58-53(44-18-8-3-9-19-44)59-55(60-54)50-35-46(39-16-6-2-7-17-39)33-48(37-50)41-24-28-43(29-25-41)52-21-11-13-31-57-52;34-29-18-25(22-10-4-1-5-11-22)16-27(20-29)32-36-31(24-14-8-3-9-15-24)37-33(38-32)28-17-26(19-30(35)21-28)23-12-6-2-7-13-23;14-12(15)10-6-4-9(5-7-10)11-3-1-2-8-13-11/h1-37H;1-21H;1-8,14-15H. The van der Waals surface area contributed by atoms with Gasteiger partial charge in [0, 0.05) is 78.7 Å². The van der Waals surface area contributed by atoms with E-state index >= 15 is 0 Å². The van der Waals surface area contributed by atoms with Gasteiger partial charge in [-0.1, -0.05) is 296 Å². The second-order valence-electron chi connectivity index (χ2n) is 26.7. The molecule has 2 N–H and O–H groups in total. The average molecular weight is 1500 g/mol. The Kier molecular flexibility index (Phi) is 22.4. The monoisotopic (exact) mass is 1500 g/mol. The molecule has 0 saturated carbocycles. The summed E-state index contributed by atoms with van der Waals surface area (Å²) in [5.74, 6) is 3.44. The lowest BCUT2D eigenvalue weighted by molar-refractivity contribution is 0.426. The third-order valence-electron chi connectivity index (χ3n) is 19.0. The Bertz CT molecular complexity index is 5940. The Morgan fingerprint density at radius 1 is 0.177 bits per heavy atom. The highest BCUT2D eigenvalue weighted by molar-refractivity contribution is 6.58. The smallest absolute Gasteiger partial charge is 0.423 e. The van der Waals surface area contributed by atoms with Crippen molar-refractivity contribution in [1.82, 2.24) is 44.9 Å². The number of pyridine rings is 3. The number of rotatable bonds is 16. The molecule has 0 atom stereocenters. The van der Waals surface area contributed by atoms with Gasteiger partial charge in [-0.2, -0.15) is 0 Å². The zero-order chi connectivity index (χ0) is 76.7. The Labute approximate surface area is 665 Å². The van der Waals surface area contributed by atoms with Gasteiger partial charge in [0.25, 0.3) is 0 Å². The van der Waals surface area contributed by atoms with Gasteiger partial charge in [-0.3, -0.25) is 15.0 Å². The molecule has 18 aromatic rings. The lowest BCUT2D eigenvalue weighted by Gasteiger charge is -2.14. The molecule has 0 aliphatic heterocycles. The van der Waals surface area contributed by atoms with Crippen LogP contribution in [0.3, 0.4) is 0 Å². The quantitative estimate of drug-likeness (QED) is 0.0888. The van der Waals surface area contributed by atoms with Gasteiger partial charge in [0.1, 0.15) is 0 Å². The van der Waals surface area contributed by atoms with E-state index in [4.69, 9.17) is 63.2 Å². The largest absolute Gasteiger partial charge is 0.488 e. The SMILES string of the molecule is Clc1cc(-c2ccccc2)cc(-c2nc(-c3ccccc3)nc(-c3cc(Cl)cc(-c4ccccc4)c3)n2)c1.OB(O)c1ccc(-c2ccccn2)cc1.c1ccc(-c2cc(-c3ccc(-c4ccccn4)cc3)cc(-c3nc(-c4ccccc4)nc(-c4cc(-c5ccccc5)cc(-c5ccc(-c6ccccn6)cc5)c4)n3)c2)cc1. The van der Waals surface area contributed by atoms with Gasteiger partial charge in [0.2, 0.25) is 0 Å². The van der Waals surface area contributed by atoms with Crippen LogP contribution < -0.4 is 5.46 Å². The van der Waals surface area contributed by atoms with Gasteiger partial charge < -0.3 is 10.0 Å². The third-order valence-corrected chi connectivity index (χ3v) is 19.4. The van der Waals surface area contributed by atoms with Crippen LogP contribution in [0, 0.1) is 0 Å². The molecule has 0 amide bonds. The van der Waals surface area contributed by atoms with Crippen LogP contribution in [0.2, 0.25) is 10.0 Å². The van der Waals surface area contributed by atoms with E-state index in [0.29, 0.717) is 50.5 Å². The maximum Gasteiger partial charge on any atom is 0.488 e. The summed E-state index contributed by atoms with van der Waals surface area (Å²) in [4.78, 5) is 43.6. The van der Waals surface area contributed by atoms with E-state index in [9.17, 15) is 0 Å². The van der Waals surface area contributed by atoms with Crippen molar-refractivity contribution in [2.45, 2.75) is 0 Å². The molecule has 538 valence electrons. The van der Waals surface area contributed by atoms with E-state index in [0.717, 1.165) is 134 Å². The zero-order valence-electron chi connectivity index (χ0n) is 60.9. The number of benzene rings is 13. The number of hydrogen-bond acceptors (Lipinski definition) is 11. The van der Waals surface area contributed by atoms with Crippen molar-refractivity contribution in [1.29, 1.82) is 0 Å². The second kappa shape index (κ2) is 34.6. The van der Waals surface area contributed by atoms with Crippen LogP contribution in [0.5, 0.6) is 0 Å². The summed E-state index contributed by atoms with van der Waals surface area (Å²) in [5.41, 5.74) is 24.3. The van der Waals surface area contributed by atoms with Crippen molar-refractivity contribution in [2.75, 3.05) is 0 Å². The fraction of sp³-hybridized carbons (Fsp3) is 0. The lowest BCUT2D eigenvalue weighted by atomic mass is 9.80. The molecular formula is C99H68BCl2N9O2. The first kappa shape index (κ1) is 73.1. The van der Waals surface area contributed by atoms with Crippen LogP contribution >= 0.6 is 23.2 Å². The molecule has 5 aromatic heterocycles. The first-order valence-corrected chi connectivity index (χ1v) is 37.5. The van der Waals surface area contributed by atoms with Gasteiger partial charge in [0.15, 0.2) is 34.9 Å². The fourth-order valence-corrected chi connectivity index (χ4v) is 13.7. The van der Waals surface area contributed by atoms with Crippen LogP contribution in [0.1, 0.15) is 0 Å². The van der Waals surface area contributed by atoms with Crippen LogP contribution in [0.4, 0.5) is 0 Å². The summed E-state index contributed by atoms with van der Waals surface area (Å²) in [7, 11) is -1.41. The van der Waals surface area contributed by atoms with Crippen molar-refractivity contribution in [3.05, 3.63) is 411 Å². The molecule has 0 saturated heterocycles. The number of hydrogen-bond donors (Lipinski definition) is 2. The minimum Gasteiger partial charge on any atom is -0.423 e. The Morgan fingerprint density at radius 3 is 0.628 bits per heavy atom. The summed E-state index contributed by atoms with van der Waals surface area (Å²) < 4.78 is 0. The highest BCUT2D eigenvalue weighted by atomic mass is 35.5. The van der Waals surface area contributed by atoms with Crippen molar-refractivity contribution in [3.8, 4) is 169 Å². The van der Waals surface area contributed by atoms with Gasteiger partial charge in [-0.15, -0.1) is 0 Å². The topological polar surface area (TPSA) is 156 Å². The molecule has 5 heterocycles. The average Bonchev–Trinajstić information content (AvgIpc) is 0.784. The Morgan fingerprint density at radius 2 is 0.372 bits per heavy atom. The Hall–Kier alpha value is -14.1. The molecule has 0 spiro atoms. The molecule has 11 nitrogen and oxygen atoms in total. The highest BCUT2D eigenvalue weighted by Crippen LogP contribution is 2.39. The predicted molar refractivity (Wildman–Crippen MR) is 461 cm³/mol. The van der Waals surface area contributed by atoms with E-state index in [1.165, 1.54) is 0 Å². The normalized spacial score (nSPS) is 10.8. The molecule has 0 fully saturated rings. The number of nitrogens with zero attached hydrogens (tertiary/aromatic N) is 9. The summed E-state index contributed by atoms with van der Waals surface area (Å²) in [6, 6.07) is 128. The number of aromatic nitrogens is 9. The lowest BCUT2D eigenvalue weighted by Crippen LogP contribution is -2.29. The predicted octanol–water partition coefficient (Wildman–Crippen LogP) is 23.6. The van der Waals surface area contributed by atoms with Crippen molar-refractivity contribution >= 4 is 35.8 Å². The molecule has 0 unspecified atom stereocenters. The molecular weight excluding hydrogens is 1430 g/mol. The maximum absolute atomic E-state index is 8.93. The molecule has 0 bridgehead atoms. The minimum atomic E-state index is -1.41. The van der Waals surface area contributed by atoms with Crippen LogP contribution in [0.25, 0.3) is 169 Å². The minimum absolute atomic E-state index is 0.481. The summed E-state index contributed by atoms with van der Waals surface area (Å²) in [6.07, 6.45) is 5.38. The van der Waals surface area contributed by atoms with Crippen molar-refractivity contribution < 1.29 is 10.0 Å². The van der Waals surface area contributed by atoms with Gasteiger partial charge >= 0.3 is 7.12 Å². The summed E-state index contributed by atoms with van der Waals surface area (Å²) in [6.45, 7) is 0. The fourth-order valence-electron chi connectivity index (χ4n) is 13.3. The molecule has 0 radical (unpaired) electrons. The molecule has 0 aliphatic rings.